The lowest BCUT2D eigenvalue weighted by Gasteiger charge is -1.93. The first-order valence-corrected chi connectivity index (χ1v) is 4.10. The van der Waals surface area contributed by atoms with Crippen molar-refractivity contribution >= 4 is 0 Å². The van der Waals surface area contributed by atoms with Gasteiger partial charge < -0.3 is 10.2 Å². The van der Waals surface area contributed by atoms with E-state index in [4.69, 9.17) is 10.2 Å². The molecule has 0 atom stereocenters. The van der Waals surface area contributed by atoms with Gasteiger partial charge in [-0.25, -0.2) is 0 Å². The Bertz CT molecular complexity index is 172. The largest absolute Gasteiger partial charge is 0.397 e. The van der Waals surface area contributed by atoms with Crippen LogP contribution < -0.4 is 0 Å². The van der Waals surface area contributed by atoms with Crippen LogP contribution in [0, 0.1) is 0 Å². The minimum Gasteiger partial charge on any atom is -0.397 e. The van der Waals surface area contributed by atoms with Gasteiger partial charge in [0.25, 0.3) is 0 Å². The lowest BCUT2D eigenvalue weighted by atomic mass is 10.2. The van der Waals surface area contributed by atoms with E-state index >= 15 is 0 Å². The van der Waals surface area contributed by atoms with Gasteiger partial charge in [0.2, 0.25) is 0 Å². The summed E-state index contributed by atoms with van der Waals surface area (Å²) >= 11 is 0. The van der Waals surface area contributed by atoms with E-state index in [1.165, 1.54) is 5.56 Å². The zero-order valence-electron chi connectivity index (χ0n) is 7.40. The first-order valence-electron chi connectivity index (χ1n) is 4.10. The molecule has 2 nitrogen and oxygen atoms in total. The Hall–Kier alpha value is -0.860. The number of hydrogen-bond donors (Lipinski definition) is 2. The van der Waals surface area contributed by atoms with Crippen LogP contribution in [0.25, 0.3) is 0 Å². The summed E-state index contributed by atoms with van der Waals surface area (Å²) in [6.07, 6.45) is 0.765. The van der Waals surface area contributed by atoms with Gasteiger partial charge in [-0.2, -0.15) is 0 Å². The van der Waals surface area contributed by atoms with Gasteiger partial charge in [-0.05, 0) is 18.9 Å². The topological polar surface area (TPSA) is 40.5 Å². The van der Waals surface area contributed by atoms with Gasteiger partial charge >= 0.3 is 0 Å². The Labute approximate surface area is 73.5 Å². The first-order chi connectivity index (χ1) is 5.85. The molecule has 0 fully saturated rings. The van der Waals surface area contributed by atoms with Crippen molar-refractivity contribution < 1.29 is 10.2 Å². The zero-order chi connectivity index (χ0) is 9.23. The van der Waals surface area contributed by atoms with Crippen LogP contribution in [0.5, 0.6) is 0 Å². The summed E-state index contributed by atoms with van der Waals surface area (Å²) < 4.78 is 0. The molecule has 12 heavy (non-hydrogen) atoms. The van der Waals surface area contributed by atoms with Crippen LogP contribution in [0.4, 0.5) is 0 Å². The zero-order valence-corrected chi connectivity index (χ0v) is 7.40. The lowest BCUT2D eigenvalue weighted by Crippen LogP contribution is -1.88. The number of aliphatic hydroxyl groups excluding tert-OH is 2. The second-order valence-electron chi connectivity index (χ2n) is 2.28. The molecular formula is C10H16O2. The quantitative estimate of drug-likeness (QED) is 0.697. The minimum absolute atomic E-state index is 0.240. The molecule has 1 aromatic carbocycles. The van der Waals surface area contributed by atoms with E-state index in [1.54, 1.807) is 6.92 Å². The van der Waals surface area contributed by atoms with Crippen LogP contribution in [0.2, 0.25) is 0 Å². The fourth-order valence-corrected chi connectivity index (χ4v) is 0.774. The van der Waals surface area contributed by atoms with Crippen LogP contribution in [-0.2, 0) is 6.42 Å². The maximum absolute atomic E-state index is 8.52. The molecule has 0 amide bonds. The van der Waals surface area contributed by atoms with Crippen molar-refractivity contribution in [2.24, 2.45) is 0 Å². The van der Waals surface area contributed by atoms with E-state index in [2.05, 4.69) is 0 Å². The molecule has 68 valence electrons. The highest BCUT2D eigenvalue weighted by atomic mass is 16.3. The molecule has 0 saturated carbocycles. The molecule has 0 aliphatic heterocycles. The number of rotatable bonds is 2. The summed E-state index contributed by atoms with van der Waals surface area (Å²) in [7, 11) is 0. The summed E-state index contributed by atoms with van der Waals surface area (Å²) in [5.41, 5.74) is 1.19. The van der Waals surface area contributed by atoms with Crippen LogP contribution >= 0.6 is 0 Å². The SMILES string of the molecule is CCO.OCCc1ccccc1. The Morgan fingerprint density at radius 2 is 1.58 bits per heavy atom. The summed E-state index contributed by atoms with van der Waals surface area (Å²) in [4.78, 5) is 0. The summed E-state index contributed by atoms with van der Waals surface area (Å²) in [5, 5.41) is 16.1. The average molecular weight is 168 g/mol. The van der Waals surface area contributed by atoms with E-state index in [0.717, 1.165) is 6.42 Å². The molecule has 1 rings (SSSR count). The molecule has 2 N–H and O–H groups in total. The first kappa shape index (κ1) is 11.1. The van der Waals surface area contributed by atoms with Crippen molar-refractivity contribution in [3.63, 3.8) is 0 Å². The molecule has 2 heteroatoms. The van der Waals surface area contributed by atoms with Gasteiger partial charge in [0.05, 0.1) is 0 Å². The van der Waals surface area contributed by atoms with Gasteiger partial charge in [-0.15, -0.1) is 0 Å². The smallest absolute Gasteiger partial charge is 0.0471 e. The maximum Gasteiger partial charge on any atom is 0.0471 e. The highest BCUT2D eigenvalue weighted by molar-refractivity contribution is 5.14. The number of aliphatic hydroxyl groups is 2. The van der Waals surface area contributed by atoms with Crippen molar-refractivity contribution in [2.75, 3.05) is 13.2 Å². The highest BCUT2D eigenvalue weighted by Gasteiger charge is 1.85. The van der Waals surface area contributed by atoms with Gasteiger partial charge in [0.1, 0.15) is 0 Å². The second kappa shape index (κ2) is 8.24. The minimum atomic E-state index is 0.240. The van der Waals surface area contributed by atoms with Crippen LogP contribution in [0.1, 0.15) is 12.5 Å². The van der Waals surface area contributed by atoms with Crippen molar-refractivity contribution in [2.45, 2.75) is 13.3 Å². The van der Waals surface area contributed by atoms with Crippen LogP contribution in [0.15, 0.2) is 30.3 Å². The average Bonchev–Trinajstić information content (AvgIpc) is 2.08. The van der Waals surface area contributed by atoms with Gasteiger partial charge in [-0.3, -0.25) is 0 Å². The van der Waals surface area contributed by atoms with Crippen LogP contribution in [0.3, 0.4) is 0 Å². The highest BCUT2D eigenvalue weighted by Crippen LogP contribution is 1.97. The normalized spacial score (nSPS) is 8.58. The molecule has 1 aromatic rings. The molecule has 0 aromatic heterocycles. The molecule has 0 unspecified atom stereocenters. The van der Waals surface area contributed by atoms with Crippen molar-refractivity contribution in [3.05, 3.63) is 35.9 Å². The van der Waals surface area contributed by atoms with Gasteiger partial charge in [0.15, 0.2) is 0 Å². The predicted octanol–water partition coefficient (Wildman–Crippen LogP) is 1.22. The number of benzene rings is 1. The van der Waals surface area contributed by atoms with Crippen molar-refractivity contribution in [3.8, 4) is 0 Å². The molecule has 0 heterocycles. The third kappa shape index (κ3) is 5.89. The molecule has 0 spiro atoms. The molecule has 0 aliphatic rings. The van der Waals surface area contributed by atoms with E-state index < -0.39 is 0 Å². The van der Waals surface area contributed by atoms with E-state index in [0.29, 0.717) is 0 Å². The van der Waals surface area contributed by atoms with Gasteiger partial charge in [0, 0.05) is 13.2 Å². The summed E-state index contributed by atoms with van der Waals surface area (Å²) in [6.45, 7) is 2.17. The fraction of sp³-hybridized carbons (Fsp3) is 0.400. The fourth-order valence-electron chi connectivity index (χ4n) is 0.774. The molecular weight excluding hydrogens is 152 g/mol. The molecule has 0 radical (unpaired) electrons. The van der Waals surface area contributed by atoms with Crippen molar-refractivity contribution in [1.82, 2.24) is 0 Å². The Morgan fingerprint density at radius 3 is 2.00 bits per heavy atom. The summed E-state index contributed by atoms with van der Waals surface area (Å²) in [5.74, 6) is 0. The molecule has 0 saturated heterocycles. The standard InChI is InChI=1S/C8H10O.C2H6O/c9-7-6-8-4-2-1-3-5-8;1-2-3/h1-5,9H,6-7H2;3H,2H2,1H3. The van der Waals surface area contributed by atoms with Crippen LogP contribution in [-0.4, -0.2) is 23.4 Å². The molecule has 0 aliphatic carbocycles. The summed E-state index contributed by atoms with van der Waals surface area (Å²) in [6, 6.07) is 9.95. The predicted molar refractivity (Wildman–Crippen MR) is 50.0 cm³/mol. The Morgan fingerprint density at radius 1 is 1.08 bits per heavy atom. The van der Waals surface area contributed by atoms with Gasteiger partial charge in [-0.1, -0.05) is 30.3 Å². The third-order valence-corrected chi connectivity index (χ3v) is 1.24. The third-order valence-electron chi connectivity index (χ3n) is 1.24. The molecule has 0 bridgehead atoms. The monoisotopic (exact) mass is 168 g/mol. The van der Waals surface area contributed by atoms with E-state index in [9.17, 15) is 0 Å². The number of hydrogen-bond acceptors (Lipinski definition) is 2. The second-order valence-corrected chi connectivity index (χ2v) is 2.28. The maximum atomic E-state index is 8.52. The van der Waals surface area contributed by atoms with Crippen molar-refractivity contribution in [1.29, 1.82) is 0 Å². The van der Waals surface area contributed by atoms with E-state index in [1.807, 2.05) is 30.3 Å². The van der Waals surface area contributed by atoms with E-state index in [-0.39, 0.29) is 13.2 Å². The Balaban J connectivity index is 0.000000354. The Kier molecular flexibility index (Phi) is 7.65. The lowest BCUT2D eigenvalue weighted by molar-refractivity contribution is 0.299.